The van der Waals surface area contributed by atoms with Crippen molar-refractivity contribution in [3.63, 3.8) is 0 Å². The maximum atomic E-state index is 12.8. The van der Waals surface area contributed by atoms with Crippen molar-refractivity contribution in [3.05, 3.63) is 88.6 Å². The minimum Gasteiger partial charge on any atom is -0.468 e. The average Bonchev–Trinajstić information content (AvgIpc) is 3.23. The summed E-state index contributed by atoms with van der Waals surface area (Å²) in [5.74, 6) is -1.14. The van der Waals surface area contributed by atoms with E-state index in [1.54, 1.807) is 0 Å². The molecule has 1 aliphatic rings. The number of benzene rings is 2. The van der Waals surface area contributed by atoms with E-state index >= 15 is 0 Å². The number of carbonyl (C=O) groups is 2. The van der Waals surface area contributed by atoms with Crippen LogP contribution in [-0.2, 0) is 38.3 Å². The molecule has 0 bridgehead atoms. The first-order chi connectivity index (χ1) is 15.0. The van der Waals surface area contributed by atoms with E-state index in [1.807, 2.05) is 55.5 Å². The predicted octanol–water partition coefficient (Wildman–Crippen LogP) is 4.08. The molecule has 3 aromatic rings. The zero-order valence-electron chi connectivity index (χ0n) is 18.0. The van der Waals surface area contributed by atoms with Gasteiger partial charge in [-0.05, 0) is 29.2 Å². The SMILES string of the molecule is COC(=O)C1(C(=O)OC)Cc2c(-c3ccccc3)nc(Cc3ccccc3)c(C)c2C1. The number of methoxy groups -OCH3 is 2. The van der Waals surface area contributed by atoms with Crippen LogP contribution in [0.15, 0.2) is 60.7 Å². The summed E-state index contributed by atoms with van der Waals surface area (Å²) in [6, 6.07) is 20.0. The normalized spacial score (nSPS) is 14.0. The molecule has 0 aliphatic heterocycles. The lowest BCUT2D eigenvalue weighted by Gasteiger charge is -2.22. The van der Waals surface area contributed by atoms with Crippen molar-refractivity contribution in [1.29, 1.82) is 0 Å². The van der Waals surface area contributed by atoms with E-state index in [1.165, 1.54) is 14.2 Å². The number of ether oxygens (including phenoxy) is 2. The highest BCUT2D eigenvalue weighted by atomic mass is 16.5. The van der Waals surface area contributed by atoms with E-state index < -0.39 is 17.4 Å². The van der Waals surface area contributed by atoms with E-state index in [0.717, 1.165) is 39.2 Å². The summed E-state index contributed by atoms with van der Waals surface area (Å²) >= 11 is 0. The fraction of sp³-hybridized carbons (Fsp3) is 0.269. The number of nitrogens with zero attached hydrogens (tertiary/aromatic N) is 1. The Morgan fingerprint density at radius 1 is 0.871 bits per heavy atom. The lowest BCUT2D eigenvalue weighted by molar-refractivity contribution is -0.168. The molecule has 31 heavy (non-hydrogen) atoms. The second-order valence-corrected chi connectivity index (χ2v) is 7.94. The summed E-state index contributed by atoms with van der Waals surface area (Å²) in [7, 11) is 2.61. The van der Waals surface area contributed by atoms with Crippen molar-refractivity contribution in [2.24, 2.45) is 5.41 Å². The third-order valence-electron chi connectivity index (χ3n) is 6.15. The number of rotatable bonds is 5. The van der Waals surface area contributed by atoms with Crippen LogP contribution in [0.5, 0.6) is 0 Å². The Bertz CT molecular complexity index is 1110. The number of hydrogen-bond acceptors (Lipinski definition) is 5. The van der Waals surface area contributed by atoms with E-state index in [4.69, 9.17) is 14.5 Å². The first kappa shape index (κ1) is 20.8. The minimum atomic E-state index is -1.38. The van der Waals surface area contributed by atoms with Crippen LogP contribution in [0, 0.1) is 12.3 Å². The van der Waals surface area contributed by atoms with Crippen molar-refractivity contribution < 1.29 is 19.1 Å². The number of pyridine rings is 1. The molecule has 5 heteroatoms. The molecule has 0 N–H and O–H groups in total. The summed E-state index contributed by atoms with van der Waals surface area (Å²) in [6.45, 7) is 2.02. The fourth-order valence-corrected chi connectivity index (χ4v) is 4.48. The minimum absolute atomic E-state index is 0.214. The summed E-state index contributed by atoms with van der Waals surface area (Å²) in [4.78, 5) is 30.6. The highest BCUT2D eigenvalue weighted by Gasteiger charge is 2.54. The van der Waals surface area contributed by atoms with Gasteiger partial charge in [-0.2, -0.15) is 0 Å². The Hall–Kier alpha value is -3.47. The fourth-order valence-electron chi connectivity index (χ4n) is 4.48. The largest absolute Gasteiger partial charge is 0.468 e. The number of carbonyl (C=O) groups excluding carboxylic acids is 2. The molecular weight excluding hydrogens is 390 g/mol. The molecule has 4 rings (SSSR count). The van der Waals surface area contributed by atoms with E-state index in [9.17, 15) is 9.59 Å². The van der Waals surface area contributed by atoms with Crippen molar-refractivity contribution in [1.82, 2.24) is 4.98 Å². The van der Waals surface area contributed by atoms with Gasteiger partial charge in [-0.1, -0.05) is 60.7 Å². The molecule has 2 aromatic carbocycles. The molecule has 0 unspecified atom stereocenters. The molecule has 158 valence electrons. The second-order valence-electron chi connectivity index (χ2n) is 7.94. The summed E-state index contributed by atoms with van der Waals surface area (Å²) in [5, 5.41) is 0. The Labute approximate surface area is 182 Å². The van der Waals surface area contributed by atoms with Crippen LogP contribution < -0.4 is 0 Å². The van der Waals surface area contributed by atoms with E-state index in [2.05, 4.69) is 12.1 Å². The van der Waals surface area contributed by atoms with Gasteiger partial charge in [-0.15, -0.1) is 0 Å². The standard InChI is InChI=1S/C26H25NO4/c1-17-20-15-26(24(28)30-2,25(29)31-3)16-21(20)23(19-12-8-5-9-13-19)27-22(17)14-18-10-6-4-7-11-18/h4-13H,14-16H2,1-3H3. The predicted molar refractivity (Wildman–Crippen MR) is 118 cm³/mol. The first-order valence-electron chi connectivity index (χ1n) is 10.3. The smallest absolute Gasteiger partial charge is 0.323 e. The van der Waals surface area contributed by atoms with Gasteiger partial charge in [0.25, 0.3) is 0 Å². The number of esters is 2. The number of fused-ring (bicyclic) bond motifs is 1. The lowest BCUT2D eigenvalue weighted by Crippen LogP contribution is -2.42. The van der Waals surface area contributed by atoms with Crippen LogP contribution >= 0.6 is 0 Å². The molecule has 0 spiro atoms. The maximum absolute atomic E-state index is 12.8. The van der Waals surface area contributed by atoms with Crippen molar-refractivity contribution >= 4 is 11.9 Å². The number of hydrogen-bond donors (Lipinski definition) is 0. The van der Waals surface area contributed by atoms with Gasteiger partial charge in [0.2, 0.25) is 0 Å². The van der Waals surface area contributed by atoms with Gasteiger partial charge < -0.3 is 9.47 Å². The highest BCUT2D eigenvalue weighted by Crippen LogP contribution is 2.44. The van der Waals surface area contributed by atoms with Crippen LogP contribution in [0.1, 0.15) is 27.9 Å². The molecule has 0 amide bonds. The molecule has 0 saturated heterocycles. The third-order valence-corrected chi connectivity index (χ3v) is 6.15. The van der Waals surface area contributed by atoms with Gasteiger partial charge in [-0.3, -0.25) is 14.6 Å². The molecular formula is C26H25NO4. The van der Waals surface area contributed by atoms with Crippen LogP contribution in [-0.4, -0.2) is 31.1 Å². The van der Waals surface area contributed by atoms with E-state index in [0.29, 0.717) is 6.42 Å². The monoisotopic (exact) mass is 415 g/mol. The van der Waals surface area contributed by atoms with Crippen molar-refractivity contribution in [3.8, 4) is 11.3 Å². The molecule has 1 aliphatic carbocycles. The lowest BCUT2D eigenvalue weighted by atomic mass is 9.84. The van der Waals surface area contributed by atoms with Gasteiger partial charge in [0.1, 0.15) is 0 Å². The quantitative estimate of drug-likeness (QED) is 0.464. The Balaban J connectivity index is 1.90. The maximum Gasteiger partial charge on any atom is 0.323 e. The van der Waals surface area contributed by atoms with Crippen LogP contribution in [0.2, 0.25) is 0 Å². The van der Waals surface area contributed by atoms with Gasteiger partial charge >= 0.3 is 11.9 Å². The topological polar surface area (TPSA) is 65.5 Å². The molecule has 0 atom stereocenters. The number of aromatic nitrogens is 1. The van der Waals surface area contributed by atoms with Crippen LogP contribution in [0.3, 0.4) is 0 Å². The Morgan fingerprint density at radius 2 is 1.42 bits per heavy atom. The van der Waals surface area contributed by atoms with Gasteiger partial charge in [0.05, 0.1) is 19.9 Å². The molecule has 0 saturated carbocycles. The molecule has 1 aromatic heterocycles. The summed E-state index contributed by atoms with van der Waals surface area (Å²) < 4.78 is 10.1. The zero-order valence-corrected chi connectivity index (χ0v) is 18.0. The molecule has 5 nitrogen and oxygen atoms in total. The molecule has 1 heterocycles. The first-order valence-corrected chi connectivity index (χ1v) is 10.3. The van der Waals surface area contributed by atoms with Gasteiger partial charge in [-0.25, -0.2) is 0 Å². The Kier molecular flexibility index (Phi) is 5.59. The molecule has 0 fully saturated rings. The van der Waals surface area contributed by atoms with Crippen molar-refractivity contribution in [2.75, 3.05) is 14.2 Å². The van der Waals surface area contributed by atoms with E-state index in [-0.39, 0.29) is 12.8 Å². The highest BCUT2D eigenvalue weighted by molar-refractivity contribution is 6.02. The second kappa shape index (κ2) is 8.34. The van der Waals surface area contributed by atoms with Crippen LogP contribution in [0.25, 0.3) is 11.3 Å². The van der Waals surface area contributed by atoms with Gasteiger partial charge in [0.15, 0.2) is 5.41 Å². The Morgan fingerprint density at radius 3 is 2.00 bits per heavy atom. The summed E-state index contributed by atoms with van der Waals surface area (Å²) in [5.41, 5.74) is 5.38. The zero-order chi connectivity index (χ0) is 22.0. The molecule has 0 radical (unpaired) electrons. The van der Waals surface area contributed by atoms with Crippen LogP contribution in [0.4, 0.5) is 0 Å². The van der Waals surface area contributed by atoms with Crippen molar-refractivity contribution in [2.45, 2.75) is 26.2 Å². The third kappa shape index (κ3) is 3.61. The van der Waals surface area contributed by atoms with Gasteiger partial charge in [0, 0.05) is 30.5 Å². The average molecular weight is 415 g/mol. The summed E-state index contributed by atoms with van der Waals surface area (Å²) in [6.07, 6.45) is 1.13.